The number of carbonyl (C=O) groups is 2. The van der Waals surface area contributed by atoms with Crippen molar-refractivity contribution in [3.63, 3.8) is 0 Å². The van der Waals surface area contributed by atoms with Gasteiger partial charge in [-0.15, -0.1) is 0 Å². The number of aryl methyl sites for hydroxylation is 1. The number of likely N-dealkylation sites (tertiary alicyclic amines) is 1. The fraction of sp³-hybridized carbons (Fsp3) is 0.571. The minimum atomic E-state index is 0.145. The highest BCUT2D eigenvalue weighted by Crippen LogP contribution is 2.33. The number of carbonyl (C=O) groups excluding carboxylic acids is 2. The summed E-state index contributed by atoms with van der Waals surface area (Å²) in [5.74, 6) is 2.09. The van der Waals surface area contributed by atoms with Gasteiger partial charge in [0.1, 0.15) is 13.2 Å². The molecule has 1 aromatic heterocycles. The van der Waals surface area contributed by atoms with E-state index in [0.717, 1.165) is 72.9 Å². The van der Waals surface area contributed by atoms with Crippen molar-refractivity contribution in [2.75, 3.05) is 32.8 Å². The second kappa shape index (κ2) is 10.4. The quantitative estimate of drug-likeness (QED) is 0.629. The zero-order valence-corrected chi connectivity index (χ0v) is 21.0. The van der Waals surface area contributed by atoms with Crippen LogP contribution in [0.15, 0.2) is 24.3 Å². The monoisotopic (exact) mass is 479 g/mol. The average Bonchev–Trinajstić information content (AvgIpc) is 3.19. The maximum absolute atomic E-state index is 13.3. The third-order valence-electron chi connectivity index (χ3n) is 7.79. The van der Waals surface area contributed by atoms with Gasteiger partial charge in [-0.25, -0.2) is 0 Å². The minimum absolute atomic E-state index is 0.145. The number of nitrogens with one attached hydrogen (secondary N) is 1. The number of ether oxygens (including phenoxy) is 2. The lowest BCUT2D eigenvalue weighted by Gasteiger charge is -2.33. The van der Waals surface area contributed by atoms with Crippen LogP contribution in [-0.4, -0.2) is 60.0 Å². The van der Waals surface area contributed by atoms with Crippen LogP contribution >= 0.6 is 0 Å². The lowest BCUT2D eigenvalue weighted by atomic mass is 9.88. The topological polar surface area (TPSA) is 72.8 Å². The predicted octanol–water partition coefficient (Wildman–Crippen LogP) is 4.21. The molecule has 188 valence electrons. The number of nitrogens with zero attached hydrogens (tertiary/aromatic N) is 2. The number of hydrogen-bond acceptors (Lipinski definition) is 5. The Morgan fingerprint density at radius 2 is 1.66 bits per heavy atom. The molecule has 1 saturated heterocycles. The molecule has 7 heteroatoms. The maximum Gasteiger partial charge on any atom is 0.223 e. The van der Waals surface area contributed by atoms with Gasteiger partial charge in [0.15, 0.2) is 17.3 Å². The van der Waals surface area contributed by atoms with Crippen LogP contribution in [0.1, 0.15) is 66.7 Å². The summed E-state index contributed by atoms with van der Waals surface area (Å²) in [6, 6.07) is 8.15. The normalized spacial score (nSPS) is 19.5. The third-order valence-corrected chi connectivity index (χ3v) is 7.79. The first-order valence-electron chi connectivity index (χ1n) is 13.1. The number of ketones is 1. The molecule has 0 unspecified atom stereocenters. The fourth-order valence-electron chi connectivity index (χ4n) is 5.82. The highest BCUT2D eigenvalue weighted by atomic mass is 16.6. The molecule has 3 aliphatic rings. The maximum atomic E-state index is 13.3. The molecule has 1 amide bonds. The number of hydrogen-bond donors (Lipinski definition) is 1. The lowest BCUT2D eigenvalue weighted by Crippen LogP contribution is -2.47. The van der Waals surface area contributed by atoms with E-state index in [0.29, 0.717) is 19.8 Å². The molecule has 1 N–H and O–H groups in total. The first-order chi connectivity index (χ1) is 17.0. The summed E-state index contributed by atoms with van der Waals surface area (Å²) in [6.45, 7) is 7.23. The molecular formula is C28H37N3O4. The standard InChI is InChI=1S/C28H37N3O4/c1-19-16-24(20(2)31(19)23-8-9-26-27(17-23)35-15-14-34-26)25(32)18-30-12-10-22(11-13-30)29-28(33)21-6-4-3-5-7-21/h8-9,16-17,21-22H,3-7,10-15,18H2,1-2H3,(H,29,33). The van der Waals surface area contributed by atoms with Crippen LogP contribution in [0.5, 0.6) is 11.5 Å². The van der Waals surface area contributed by atoms with Crippen molar-refractivity contribution in [3.8, 4) is 17.2 Å². The lowest BCUT2D eigenvalue weighted by molar-refractivity contribution is -0.127. The Morgan fingerprint density at radius 3 is 2.40 bits per heavy atom. The van der Waals surface area contributed by atoms with E-state index in [1.54, 1.807) is 0 Å². The van der Waals surface area contributed by atoms with E-state index in [1.807, 2.05) is 38.1 Å². The summed E-state index contributed by atoms with van der Waals surface area (Å²) in [5, 5.41) is 3.28. The van der Waals surface area contributed by atoms with Crippen molar-refractivity contribution in [1.82, 2.24) is 14.8 Å². The van der Waals surface area contributed by atoms with Crippen molar-refractivity contribution >= 4 is 11.7 Å². The molecule has 2 fully saturated rings. The fourth-order valence-corrected chi connectivity index (χ4v) is 5.82. The van der Waals surface area contributed by atoms with Crippen molar-refractivity contribution in [2.45, 2.75) is 64.8 Å². The van der Waals surface area contributed by atoms with E-state index in [-0.39, 0.29) is 23.7 Å². The van der Waals surface area contributed by atoms with Gasteiger partial charge in [-0.1, -0.05) is 19.3 Å². The van der Waals surface area contributed by atoms with E-state index >= 15 is 0 Å². The molecule has 1 aromatic carbocycles. The van der Waals surface area contributed by atoms with Gasteiger partial charge in [-0.2, -0.15) is 0 Å². The predicted molar refractivity (Wildman–Crippen MR) is 135 cm³/mol. The zero-order chi connectivity index (χ0) is 24.4. The molecule has 1 aliphatic carbocycles. The van der Waals surface area contributed by atoms with Crippen LogP contribution in [0.25, 0.3) is 5.69 Å². The van der Waals surface area contributed by atoms with Crippen LogP contribution in [0.2, 0.25) is 0 Å². The number of rotatable bonds is 6. The zero-order valence-electron chi connectivity index (χ0n) is 21.0. The molecule has 2 aliphatic heterocycles. The molecule has 0 radical (unpaired) electrons. The van der Waals surface area contributed by atoms with Crippen molar-refractivity contribution in [1.29, 1.82) is 0 Å². The summed E-state index contributed by atoms with van der Waals surface area (Å²) in [6.07, 6.45) is 7.48. The smallest absolute Gasteiger partial charge is 0.223 e. The summed E-state index contributed by atoms with van der Waals surface area (Å²) >= 11 is 0. The van der Waals surface area contributed by atoms with Gasteiger partial charge in [-0.05, 0) is 57.7 Å². The number of Topliss-reactive ketones (excluding diaryl/α,β-unsaturated/α-hetero) is 1. The molecule has 3 heterocycles. The molecule has 0 spiro atoms. The van der Waals surface area contributed by atoms with E-state index in [2.05, 4.69) is 14.8 Å². The highest BCUT2D eigenvalue weighted by Gasteiger charge is 2.27. The third kappa shape index (κ3) is 5.25. The number of benzene rings is 1. The van der Waals surface area contributed by atoms with Gasteiger partial charge in [0, 0.05) is 53.8 Å². The molecule has 2 aromatic rings. The molecule has 1 saturated carbocycles. The van der Waals surface area contributed by atoms with Gasteiger partial charge in [-0.3, -0.25) is 14.5 Å². The van der Waals surface area contributed by atoms with Crippen LogP contribution in [0.4, 0.5) is 0 Å². The van der Waals surface area contributed by atoms with Gasteiger partial charge < -0.3 is 19.4 Å². The summed E-state index contributed by atoms with van der Waals surface area (Å²) in [7, 11) is 0. The van der Waals surface area contributed by atoms with Gasteiger partial charge >= 0.3 is 0 Å². The van der Waals surface area contributed by atoms with E-state index < -0.39 is 0 Å². The molecule has 5 rings (SSSR count). The van der Waals surface area contributed by atoms with Gasteiger partial charge in [0.2, 0.25) is 5.91 Å². The highest BCUT2D eigenvalue weighted by molar-refractivity contribution is 5.99. The van der Waals surface area contributed by atoms with Crippen LogP contribution in [-0.2, 0) is 4.79 Å². The van der Waals surface area contributed by atoms with E-state index in [1.165, 1.54) is 19.3 Å². The number of amides is 1. The van der Waals surface area contributed by atoms with Crippen LogP contribution in [0, 0.1) is 19.8 Å². The van der Waals surface area contributed by atoms with Gasteiger partial charge in [0.05, 0.1) is 6.54 Å². The number of aromatic nitrogens is 1. The number of piperidine rings is 1. The Labute approximate surface area is 207 Å². The first-order valence-corrected chi connectivity index (χ1v) is 13.1. The van der Waals surface area contributed by atoms with E-state index in [4.69, 9.17) is 9.47 Å². The molecule has 35 heavy (non-hydrogen) atoms. The Kier molecular flexibility index (Phi) is 7.14. The average molecular weight is 480 g/mol. The number of fused-ring (bicyclic) bond motifs is 1. The largest absolute Gasteiger partial charge is 0.486 e. The SMILES string of the molecule is Cc1cc(C(=O)CN2CCC(NC(=O)C3CCCCC3)CC2)c(C)n1-c1ccc2c(c1)OCCO2. The van der Waals surface area contributed by atoms with Crippen LogP contribution in [0.3, 0.4) is 0 Å². The Balaban J connectivity index is 1.18. The van der Waals surface area contributed by atoms with Crippen LogP contribution < -0.4 is 14.8 Å². The molecule has 7 nitrogen and oxygen atoms in total. The Bertz CT molecular complexity index is 1080. The second-order valence-electron chi connectivity index (χ2n) is 10.3. The second-order valence-corrected chi connectivity index (χ2v) is 10.3. The molecule has 0 atom stereocenters. The Hall–Kier alpha value is -2.80. The molecular weight excluding hydrogens is 442 g/mol. The van der Waals surface area contributed by atoms with Crippen molar-refractivity contribution < 1.29 is 19.1 Å². The minimum Gasteiger partial charge on any atom is -0.486 e. The van der Waals surface area contributed by atoms with Gasteiger partial charge in [0.25, 0.3) is 0 Å². The van der Waals surface area contributed by atoms with Crippen molar-refractivity contribution in [2.24, 2.45) is 5.92 Å². The Morgan fingerprint density at radius 1 is 0.943 bits per heavy atom. The van der Waals surface area contributed by atoms with E-state index in [9.17, 15) is 9.59 Å². The first kappa shape index (κ1) is 23.9. The summed E-state index contributed by atoms with van der Waals surface area (Å²) < 4.78 is 13.5. The summed E-state index contributed by atoms with van der Waals surface area (Å²) in [4.78, 5) is 28.1. The summed E-state index contributed by atoms with van der Waals surface area (Å²) in [5.41, 5.74) is 3.70. The van der Waals surface area contributed by atoms with Crippen molar-refractivity contribution in [3.05, 3.63) is 41.2 Å². The molecule has 0 bridgehead atoms.